The molecular weight excluding hydrogens is 248 g/mol. The van der Waals surface area contributed by atoms with Crippen LogP contribution in [0.1, 0.15) is 18.1 Å². The number of nitrogens with one attached hydrogen (secondary N) is 2. The Labute approximate surface area is 120 Å². The van der Waals surface area contributed by atoms with E-state index in [4.69, 9.17) is 0 Å². The van der Waals surface area contributed by atoms with Crippen molar-refractivity contribution < 1.29 is 4.79 Å². The third-order valence-corrected chi connectivity index (χ3v) is 3.04. The molecule has 2 rings (SSSR count). The standard InChI is InChI=1S/C17H20N2O/c1-12-9-13(2)11-16(10-12)18-14(3)17(20)19-15-7-5-4-6-8-15/h4-11,14,18H,1-3H3,(H,19,20)/t14-/m0/s1. The summed E-state index contributed by atoms with van der Waals surface area (Å²) in [5.74, 6) is -0.0460. The van der Waals surface area contributed by atoms with Gasteiger partial charge in [-0.05, 0) is 56.2 Å². The summed E-state index contributed by atoms with van der Waals surface area (Å²) in [4.78, 5) is 12.1. The van der Waals surface area contributed by atoms with E-state index in [1.54, 1.807) is 0 Å². The Balaban J connectivity index is 2.00. The summed E-state index contributed by atoms with van der Waals surface area (Å²) in [5, 5.41) is 6.12. The van der Waals surface area contributed by atoms with Crippen molar-refractivity contribution in [3.8, 4) is 0 Å². The fourth-order valence-corrected chi connectivity index (χ4v) is 2.15. The van der Waals surface area contributed by atoms with Crippen LogP contribution in [-0.2, 0) is 4.79 Å². The van der Waals surface area contributed by atoms with E-state index < -0.39 is 0 Å². The SMILES string of the molecule is Cc1cc(C)cc(N[C@@H](C)C(=O)Nc2ccccc2)c1. The topological polar surface area (TPSA) is 41.1 Å². The molecule has 0 aliphatic heterocycles. The molecule has 0 spiro atoms. The van der Waals surface area contributed by atoms with Crippen LogP contribution >= 0.6 is 0 Å². The highest BCUT2D eigenvalue weighted by Crippen LogP contribution is 2.15. The van der Waals surface area contributed by atoms with E-state index in [1.165, 1.54) is 11.1 Å². The van der Waals surface area contributed by atoms with Crippen molar-refractivity contribution in [2.45, 2.75) is 26.8 Å². The van der Waals surface area contributed by atoms with Crippen molar-refractivity contribution in [1.82, 2.24) is 0 Å². The Morgan fingerprint density at radius 1 is 0.950 bits per heavy atom. The number of rotatable bonds is 4. The maximum absolute atomic E-state index is 12.1. The van der Waals surface area contributed by atoms with Gasteiger partial charge in [-0.3, -0.25) is 4.79 Å². The van der Waals surface area contributed by atoms with Crippen molar-refractivity contribution in [3.63, 3.8) is 0 Å². The molecule has 0 aliphatic rings. The van der Waals surface area contributed by atoms with Gasteiger partial charge in [0.1, 0.15) is 6.04 Å². The molecule has 1 atom stereocenters. The quantitative estimate of drug-likeness (QED) is 0.886. The van der Waals surface area contributed by atoms with Gasteiger partial charge in [-0.25, -0.2) is 0 Å². The lowest BCUT2D eigenvalue weighted by Gasteiger charge is -2.16. The van der Waals surface area contributed by atoms with Crippen LogP contribution in [-0.4, -0.2) is 11.9 Å². The van der Waals surface area contributed by atoms with Crippen molar-refractivity contribution in [1.29, 1.82) is 0 Å². The van der Waals surface area contributed by atoms with Crippen LogP contribution in [0.15, 0.2) is 48.5 Å². The number of aryl methyl sites for hydroxylation is 2. The first-order valence-corrected chi connectivity index (χ1v) is 6.75. The molecule has 1 amide bonds. The van der Waals surface area contributed by atoms with E-state index in [0.29, 0.717) is 0 Å². The number of anilines is 2. The van der Waals surface area contributed by atoms with E-state index in [1.807, 2.05) is 63.2 Å². The third-order valence-electron chi connectivity index (χ3n) is 3.04. The van der Waals surface area contributed by atoms with Crippen molar-refractivity contribution in [3.05, 3.63) is 59.7 Å². The minimum absolute atomic E-state index is 0.0460. The van der Waals surface area contributed by atoms with E-state index >= 15 is 0 Å². The first-order valence-electron chi connectivity index (χ1n) is 6.75. The highest BCUT2D eigenvalue weighted by Gasteiger charge is 2.12. The third kappa shape index (κ3) is 3.85. The van der Waals surface area contributed by atoms with Crippen molar-refractivity contribution >= 4 is 17.3 Å². The average Bonchev–Trinajstić information content (AvgIpc) is 2.38. The maximum Gasteiger partial charge on any atom is 0.246 e. The number of hydrogen-bond acceptors (Lipinski definition) is 2. The molecule has 2 aromatic carbocycles. The maximum atomic E-state index is 12.1. The molecule has 3 nitrogen and oxygen atoms in total. The molecule has 2 N–H and O–H groups in total. The molecule has 0 radical (unpaired) electrons. The second-order valence-electron chi connectivity index (χ2n) is 5.10. The molecule has 0 saturated heterocycles. The Bertz CT molecular complexity index is 573. The molecule has 2 aromatic rings. The number of benzene rings is 2. The zero-order valence-electron chi connectivity index (χ0n) is 12.1. The van der Waals surface area contributed by atoms with Gasteiger partial charge in [-0.1, -0.05) is 24.3 Å². The first kappa shape index (κ1) is 14.1. The smallest absolute Gasteiger partial charge is 0.246 e. The zero-order valence-corrected chi connectivity index (χ0v) is 12.1. The highest BCUT2D eigenvalue weighted by molar-refractivity contribution is 5.96. The molecule has 104 valence electrons. The number of carbonyl (C=O) groups is 1. The fourth-order valence-electron chi connectivity index (χ4n) is 2.15. The lowest BCUT2D eigenvalue weighted by atomic mass is 10.1. The van der Waals surface area contributed by atoms with Crippen LogP contribution in [0, 0.1) is 13.8 Å². The minimum Gasteiger partial charge on any atom is -0.374 e. The van der Waals surface area contributed by atoms with Crippen molar-refractivity contribution in [2.75, 3.05) is 10.6 Å². The monoisotopic (exact) mass is 268 g/mol. The van der Waals surface area contributed by atoms with Gasteiger partial charge in [-0.15, -0.1) is 0 Å². The molecule has 0 saturated carbocycles. The Morgan fingerprint density at radius 2 is 1.55 bits per heavy atom. The average molecular weight is 268 g/mol. The summed E-state index contributed by atoms with van der Waals surface area (Å²) in [5.41, 5.74) is 4.15. The van der Waals surface area contributed by atoms with Gasteiger partial charge in [0.05, 0.1) is 0 Å². The molecule has 0 bridgehead atoms. The molecule has 0 unspecified atom stereocenters. The van der Waals surface area contributed by atoms with Crippen LogP contribution in [0.25, 0.3) is 0 Å². The summed E-state index contributed by atoms with van der Waals surface area (Å²) < 4.78 is 0. The van der Waals surface area contributed by atoms with Gasteiger partial charge in [-0.2, -0.15) is 0 Å². The van der Waals surface area contributed by atoms with Gasteiger partial charge in [0.2, 0.25) is 5.91 Å². The molecule has 20 heavy (non-hydrogen) atoms. The summed E-state index contributed by atoms with van der Waals surface area (Å²) in [6.45, 7) is 5.95. The second kappa shape index (κ2) is 6.24. The van der Waals surface area contributed by atoms with Gasteiger partial charge in [0, 0.05) is 11.4 Å². The first-order chi connectivity index (χ1) is 9.54. The number of carbonyl (C=O) groups excluding carboxylic acids is 1. The number of hydrogen-bond donors (Lipinski definition) is 2. The second-order valence-corrected chi connectivity index (χ2v) is 5.10. The van der Waals surface area contributed by atoms with Crippen LogP contribution in [0.3, 0.4) is 0 Å². The molecule has 3 heteroatoms. The predicted octanol–water partition coefficient (Wildman–Crippen LogP) is 3.74. The van der Waals surface area contributed by atoms with Crippen LogP contribution < -0.4 is 10.6 Å². The lowest BCUT2D eigenvalue weighted by Crippen LogP contribution is -2.31. The van der Waals surface area contributed by atoms with E-state index in [9.17, 15) is 4.79 Å². The number of amides is 1. The van der Waals surface area contributed by atoms with Gasteiger partial charge in [0.15, 0.2) is 0 Å². The molecule has 0 aromatic heterocycles. The molecular formula is C17H20N2O. The molecule has 0 heterocycles. The van der Waals surface area contributed by atoms with Gasteiger partial charge < -0.3 is 10.6 Å². The Kier molecular flexibility index (Phi) is 4.41. The number of para-hydroxylation sites is 1. The van der Waals surface area contributed by atoms with Gasteiger partial charge >= 0.3 is 0 Å². The van der Waals surface area contributed by atoms with Crippen LogP contribution in [0.5, 0.6) is 0 Å². The van der Waals surface area contributed by atoms with Crippen molar-refractivity contribution in [2.24, 2.45) is 0 Å². The molecule has 0 fully saturated rings. The zero-order chi connectivity index (χ0) is 14.5. The summed E-state index contributed by atoms with van der Waals surface area (Å²) >= 11 is 0. The van der Waals surface area contributed by atoms with Gasteiger partial charge in [0.25, 0.3) is 0 Å². The normalized spacial score (nSPS) is 11.8. The van der Waals surface area contributed by atoms with E-state index in [2.05, 4.69) is 16.7 Å². The highest BCUT2D eigenvalue weighted by atomic mass is 16.2. The molecule has 0 aliphatic carbocycles. The minimum atomic E-state index is -0.295. The largest absolute Gasteiger partial charge is 0.374 e. The summed E-state index contributed by atoms with van der Waals surface area (Å²) in [6, 6.07) is 15.4. The fraction of sp³-hybridized carbons (Fsp3) is 0.235. The summed E-state index contributed by atoms with van der Waals surface area (Å²) in [7, 11) is 0. The Morgan fingerprint density at radius 3 is 2.15 bits per heavy atom. The van der Waals surface area contributed by atoms with E-state index in [0.717, 1.165) is 11.4 Å². The van der Waals surface area contributed by atoms with Crippen LogP contribution in [0.2, 0.25) is 0 Å². The Hall–Kier alpha value is -2.29. The lowest BCUT2D eigenvalue weighted by molar-refractivity contribution is -0.116. The van der Waals surface area contributed by atoms with Crippen LogP contribution in [0.4, 0.5) is 11.4 Å². The summed E-state index contributed by atoms with van der Waals surface area (Å²) in [6.07, 6.45) is 0. The predicted molar refractivity (Wildman–Crippen MR) is 84.1 cm³/mol. The van der Waals surface area contributed by atoms with E-state index in [-0.39, 0.29) is 11.9 Å².